The minimum absolute atomic E-state index is 0.120. The van der Waals surface area contributed by atoms with Crippen molar-refractivity contribution in [2.45, 2.75) is 32.9 Å². The van der Waals surface area contributed by atoms with Gasteiger partial charge in [0.15, 0.2) is 0 Å². The van der Waals surface area contributed by atoms with Gasteiger partial charge in [0.2, 0.25) is 0 Å². The molecule has 0 bridgehead atoms. The second-order valence-corrected chi connectivity index (χ2v) is 8.15. The number of aryl methyl sites for hydroxylation is 2. The molecule has 0 saturated carbocycles. The van der Waals surface area contributed by atoms with E-state index in [-0.39, 0.29) is 11.9 Å². The van der Waals surface area contributed by atoms with E-state index < -0.39 is 9.84 Å². The van der Waals surface area contributed by atoms with Crippen LogP contribution in [0.2, 0.25) is 0 Å². The van der Waals surface area contributed by atoms with Crippen molar-refractivity contribution in [2.75, 3.05) is 38.2 Å². The minimum atomic E-state index is -2.86. The summed E-state index contributed by atoms with van der Waals surface area (Å²) in [5.41, 5.74) is 2.17. The van der Waals surface area contributed by atoms with Crippen molar-refractivity contribution in [1.29, 1.82) is 0 Å². The van der Waals surface area contributed by atoms with Gasteiger partial charge in [0.1, 0.15) is 9.84 Å². The summed E-state index contributed by atoms with van der Waals surface area (Å²) in [6, 6.07) is 2.06. The number of hydrogen-bond acceptors (Lipinski definition) is 5. The summed E-state index contributed by atoms with van der Waals surface area (Å²) in [6.07, 6.45) is 2.10. The van der Waals surface area contributed by atoms with Gasteiger partial charge < -0.3 is 4.74 Å². The van der Waals surface area contributed by atoms with Gasteiger partial charge in [-0.25, -0.2) is 8.42 Å². The summed E-state index contributed by atoms with van der Waals surface area (Å²) in [7, 11) is -2.86. The lowest BCUT2D eigenvalue weighted by Crippen LogP contribution is -2.45. The number of rotatable bonds is 6. The van der Waals surface area contributed by atoms with Crippen LogP contribution in [0.5, 0.6) is 0 Å². The Morgan fingerprint density at radius 1 is 1.43 bits per heavy atom. The van der Waals surface area contributed by atoms with Crippen LogP contribution in [0, 0.1) is 13.8 Å². The molecular weight excluding hydrogens is 290 g/mol. The van der Waals surface area contributed by atoms with Gasteiger partial charge in [-0.2, -0.15) is 5.10 Å². The van der Waals surface area contributed by atoms with Crippen molar-refractivity contribution in [3.8, 4) is 0 Å². The Morgan fingerprint density at radius 2 is 2.19 bits per heavy atom. The Hall–Kier alpha value is -0.920. The van der Waals surface area contributed by atoms with E-state index in [1.54, 1.807) is 0 Å². The molecule has 1 saturated heterocycles. The molecule has 0 aromatic carbocycles. The molecule has 0 N–H and O–H groups in total. The summed E-state index contributed by atoms with van der Waals surface area (Å²) >= 11 is 0. The largest absolute Gasteiger partial charge is 0.374 e. The normalized spacial score (nSPS) is 20.8. The highest BCUT2D eigenvalue weighted by Crippen LogP contribution is 2.10. The van der Waals surface area contributed by atoms with Gasteiger partial charge in [0, 0.05) is 25.0 Å². The molecule has 1 aliphatic heterocycles. The Kier molecular flexibility index (Phi) is 5.40. The summed E-state index contributed by atoms with van der Waals surface area (Å²) < 4.78 is 30.1. The first-order valence-electron chi connectivity index (χ1n) is 7.36. The van der Waals surface area contributed by atoms with Crippen molar-refractivity contribution < 1.29 is 13.2 Å². The predicted molar refractivity (Wildman–Crippen MR) is 82.2 cm³/mol. The zero-order valence-electron chi connectivity index (χ0n) is 13.1. The van der Waals surface area contributed by atoms with Crippen LogP contribution in [0.3, 0.4) is 0 Å². The Morgan fingerprint density at radius 3 is 2.81 bits per heavy atom. The fourth-order valence-corrected chi connectivity index (χ4v) is 3.35. The third-order valence-corrected chi connectivity index (χ3v) is 4.72. The van der Waals surface area contributed by atoms with Crippen molar-refractivity contribution in [2.24, 2.45) is 0 Å². The van der Waals surface area contributed by atoms with Crippen LogP contribution in [-0.4, -0.2) is 67.5 Å². The standard InChI is InChI=1S/C14H25N3O3S/c1-12-9-13(2)17(15-12)11-14-10-16(6-7-20-14)5-4-8-21(3,18)19/h9,14H,4-8,10-11H2,1-3H3. The summed E-state index contributed by atoms with van der Waals surface area (Å²) in [4.78, 5) is 2.28. The topological polar surface area (TPSA) is 64.4 Å². The molecule has 1 unspecified atom stereocenters. The minimum Gasteiger partial charge on any atom is -0.374 e. The van der Waals surface area contributed by atoms with Crippen molar-refractivity contribution in [3.05, 3.63) is 17.5 Å². The first-order valence-corrected chi connectivity index (χ1v) is 9.42. The monoisotopic (exact) mass is 315 g/mol. The SMILES string of the molecule is Cc1cc(C)n(CC2CN(CCCS(C)(=O)=O)CCO2)n1. The van der Waals surface area contributed by atoms with E-state index in [1.165, 1.54) is 6.26 Å². The second-order valence-electron chi connectivity index (χ2n) is 5.89. The van der Waals surface area contributed by atoms with Crippen LogP contribution in [0.4, 0.5) is 0 Å². The first-order chi connectivity index (χ1) is 9.83. The van der Waals surface area contributed by atoms with Gasteiger partial charge >= 0.3 is 0 Å². The molecule has 0 amide bonds. The number of ether oxygens (including phenoxy) is 1. The van der Waals surface area contributed by atoms with Crippen molar-refractivity contribution in [3.63, 3.8) is 0 Å². The molecule has 7 heteroatoms. The number of morpholine rings is 1. The molecule has 1 fully saturated rings. The molecule has 21 heavy (non-hydrogen) atoms. The highest BCUT2D eigenvalue weighted by atomic mass is 32.2. The Balaban J connectivity index is 1.82. The van der Waals surface area contributed by atoms with E-state index in [1.807, 2.05) is 18.5 Å². The average Bonchev–Trinajstić information content (AvgIpc) is 2.66. The zero-order chi connectivity index (χ0) is 15.5. The van der Waals surface area contributed by atoms with E-state index in [2.05, 4.69) is 16.1 Å². The lowest BCUT2D eigenvalue weighted by atomic mass is 10.2. The van der Waals surface area contributed by atoms with E-state index in [0.717, 1.165) is 37.6 Å². The average molecular weight is 315 g/mol. The second kappa shape index (κ2) is 6.89. The number of nitrogens with zero attached hydrogens (tertiary/aromatic N) is 3. The van der Waals surface area contributed by atoms with Gasteiger partial charge in [-0.05, 0) is 32.9 Å². The maximum absolute atomic E-state index is 11.2. The summed E-state index contributed by atoms with van der Waals surface area (Å²) in [5.74, 6) is 0.256. The molecule has 0 aliphatic carbocycles. The number of aromatic nitrogens is 2. The molecule has 1 aromatic rings. The molecule has 0 radical (unpaired) electrons. The molecular formula is C14H25N3O3S. The lowest BCUT2D eigenvalue weighted by molar-refractivity contribution is -0.0375. The van der Waals surface area contributed by atoms with Crippen LogP contribution in [0.25, 0.3) is 0 Å². The maximum Gasteiger partial charge on any atom is 0.147 e. The van der Waals surface area contributed by atoms with Gasteiger partial charge in [0.05, 0.1) is 30.7 Å². The fraction of sp³-hybridized carbons (Fsp3) is 0.786. The molecule has 1 aromatic heterocycles. The van der Waals surface area contributed by atoms with Crippen LogP contribution >= 0.6 is 0 Å². The molecule has 2 heterocycles. The van der Waals surface area contributed by atoms with Crippen LogP contribution in [0.15, 0.2) is 6.07 Å². The van der Waals surface area contributed by atoms with Gasteiger partial charge in [0.25, 0.3) is 0 Å². The Bertz CT molecular complexity index is 568. The van der Waals surface area contributed by atoms with E-state index in [0.29, 0.717) is 13.0 Å². The summed E-state index contributed by atoms with van der Waals surface area (Å²) in [6.45, 7) is 8.00. The van der Waals surface area contributed by atoms with Gasteiger partial charge in [-0.15, -0.1) is 0 Å². The van der Waals surface area contributed by atoms with Crippen molar-refractivity contribution >= 4 is 9.84 Å². The molecule has 1 atom stereocenters. The molecule has 6 nitrogen and oxygen atoms in total. The smallest absolute Gasteiger partial charge is 0.147 e. The van der Waals surface area contributed by atoms with Crippen LogP contribution < -0.4 is 0 Å². The third-order valence-electron chi connectivity index (χ3n) is 3.69. The molecule has 0 spiro atoms. The predicted octanol–water partition coefficient (Wildman–Crippen LogP) is 0.635. The maximum atomic E-state index is 11.2. The van der Waals surface area contributed by atoms with E-state index >= 15 is 0 Å². The zero-order valence-corrected chi connectivity index (χ0v) is 13.9. The quantitative estimate of drug-likeness (QED) is 0.771. The Labute approximate surface area is 127 Å². The lowest BCUT2D eigenvalue weighted by Gasteiger charge is -2.33. The van der Waals surface area contributed by atoms with E-state index in [9.17, 15) is 8.42 Å². The van der Waals surface area contributed by atoms with Gasteiger partial charge in [-0.1, -0.05) is 0 Å². The van der Waals surface area contributed by atoms with Gasteiger partial charge in [-0.3, -0.25) is 9.58 Å². The van der Waals surface area contributed by atoms with Crippen LogP contribution in [0.1, 0.15) is 17.8 Å². The highest BCUT2D eigenvalue weighted by Gasteiger charge is 2.21. The number of hydrogen-bond donors (Lipinski definition) is 0. The van der Waals surface area contributed by atoms with Crippen LogP contribution in [-0.2, 0) is 21.1 Å². The molecule has 2 rings (SSSR count). The fourth-order valence-electron chi connectivity index (χ4n) is 2.70. The number of sulfone groups is 1. The van der Waals surface area contributed by atoms with E-state index in [4.69, 9.17) is 4.74 Å². The molecule has 1 aliphatic rings. The molecule has 120 valence electrons. The third kappa shape index (κ3) is 5.41. The first kappa shape index (κ1) is 16.5. The highest BCUT2D eigenvalue weighted by molar-refractivity contribution is 7.90. The summed E-state index contributed by atoms with van der Waals surface area (Å²) in [5, 5.41) is 4.46. The van der Waals surface area contributed by atoms with Crippen molar-refractivity contribution in [1.82, 2.24) is 14.7 Å².